The summed E-state index contributed by atoms with van der Waals surface area (Å²) in [5.41, 5.74) is 1.50. The van der Waals surface area contributed by atoms with Gasteiger partial charge in [0.1, 0.15) is 11.4 Å². The predicted octanol–water partition coefficient (Wildman–Crippen LogP) is 2.65. The Hall–Kier alpha value is -1.83. The number of aromatic nitrogens is 2. The molecule has 22 heavy (non-hydrogen) atoms. The van der Waals surface area contributed by atoms with Gasteiger partial charge >= 0.3 is 5.97 Å². The Morgan fingerprint density at radius 1 is 1.45 bits per heavy atom. The van der Waals surface area contributed by atoms with Crippen molar-refractivity contribution in [2.24, 2.45) is 0 Å². The van der Waals surface area contributed by atoms with E-state index in [4.69, 9.17) is 21.8 Å². The molecule has 2 aromatic rings. The lowest BCUT2D eigenvalue weighted by Crippen LogP contribution is -2.10. The molecular formula is C14H14ClN3O3S. The number of carboxylic acids is 1. The van der Waals surface area contributed by atoms with Crippen LogP contribution in [0, 0.1) is 0 Å². The number of aliphatic hydroxyl groups is 1. The number of thioether (sulfide) groups is 1. The van der Waals surface area contributed by atoms with E-state index in [-0.39, 0.29) is 18.0 Å². The van der Waals surface area contributed by atoms with Gasteiger partial charge in [0.2, 0.25) is 0 Å². The van der Waals surface area contributed by atoms with Gasteiger partial charge in [-0.15, -0.1) is 0 Å². The van der Waals surface area contributed by atoms with Crippen molar-refractivity contribution in [2.75, 3.05) is 11.6 Å². The highest BCUT2D eigenvalue weighted by molar-refractivity contribution is 7.98. The van der Waals surface area contributed by atoms with Crippen LogP contribution in [0.4, 0.5) is 5.82 Å². The van der Waals surface area contributed by atoms with Gasteiger partial charge in [0.25, 0.3) is 0 Å². The third-order valence-electron chi connectivity index (χ3n) is 2.93. The van der Waals surface area contributed by atoms with Gasteiger partial charge < -0.3 is 15.5 Å². The summed E-state index contributed by atoms with van der Waals surface area (Å²) in [6, 6.07) is 5.25. The van der Waals surface area contributed by atoms with Crippen molar-refractivity contribution in [3.63, 3.8) is 0 Å². The van der Waals surface area contributed by atoms with Crippen LogP contribution in [0.15, 0.2) is 29.6 Å². The molecule has 0 fully saturated rings. The number of rotatable bonds is 6. The first kappa shape index (κ1) is 16.5. The van der Waals surface area contributed by atoms with E-state index in [1.807, 2.05) is 12.3 Å². The zero-order valence-electron chi connectivity index (χ0n) is 11.7. The minimum atomic E-state index is -1.09. The Labute approximate surface area is 136 Å². The fourth-order valence-corrected chi connectivity index (χ4v) is 2.37. The molecule has 0 aliphatic carbocycles. The highest BCUT2D eigenvalue weighted by Crippen LogP contribution is 2.20. The van der Waals surface area contributed by atoms with Gasteiger partial charge in [-0.2, -0.15) is 0 Å². The van der Waals surface area contributed by atoms with Crippen LogP contribution in [0.3, 0.4) is 0 Å². The number of anilines is 1. The first-order valence-corrected chi connectivity index (χ1v) is 7.91. The van der Waals surface area contributed by atoms with E-state index in [1.165, 1.54) is 18.0 Å². The number of nitrogens with one attached hydrogen (secondary N) is 1. The maximum absolute atomic E-state index is 11.2. The van der Waals surface area contributed by atoms with E-state index in [0.717, 1.165) is 5.56 Å². The zero-order chi connectivity index (χ0) is 16.1. The van der Waals surface area contributed by atoms with Crippen LogP contribution in [0.5, 0.6) is 0 Å². The second kappa shape index (κ2) is 7.44. The third-order valence-corrected chi connectivity index (χ3v) is 3.84. The van der Waals surface area contributed by atoms with Crippen LogP contribution in [-0.4, -0.2) is 32.4 Å². The van der Waals surface area contributed by atoms with E-state index in [0.29, 0.717) is 22.3 Å². The quantitative estimate of drug-likeness (QED) is 0.550. The Morgan fingerprint density at radius 2 is 2.23 bits per heavy atom. The monoisotopic (exact) mass is 339 g/mol. The minimum Gasteiger partial charge on any atom is -0.477 e. The number of halogens is 1. The molecule has 0 atom stereocenters. The normalized spacial score (nSPS) is 10.5. The molecule has 0 radical (unpaired) electrons. The molecule has 8 heteroatoms. The molecule has 6 nitrogen and oxygen atoms in total. The molecule has 1 heterocycles. The average molecular weight is 340 g/mol. The van der Waals surface area contributed by atoms with Crippen molar-refractivity contribution < 1.29 is 15.0 Å². The van der Waals surface area contributed by atoms with Crippen LogP contribution >= 0.6 is 23.4 Å². The summed E-state index contributed by atoms with van der Waals surface area (Å²) in [6.45, 7) is 0.231. The summed E-state index contributed by atoms with van der Waals surface area (Å²) in [5.74, 6) is -0.835. The minimum absolute atomic E-state index is 0.0101. The topological polar surface area (TPSA) is 95.3 Å². The second-order valence-corrected chi connectivity index (χ2v) is 5.54. The highest BCUT2D eigenvalue weighted by Gasteiger charge is 2.13. The number of aromatic carboxylic acids is 1. The average Bonchev–Trinajstić information content (AvgIpc) is 2.52. The Kier molecular flexibility index (Phi) is 5.59. The van der Waals surface area contributed by atoms with Crippen LogP contribution < -0.4 is 5.32 Å². The predicted molar refractivity (Wildman–Crippen MR) is 85.5 cm³/mol. The van der Waals surface area contributed by atoms with E-state index >= 15 is 0 Å². The molecule has 1 aromatic carbocycles. The number of aliphatic hydroxyl groups excluding tert-OH is 1. The zero-order valence-corrected chi connectivity index (χ0v) is 13.3. The SMILES string of the molecule is CSc1ncc(C(=O)O)c(NCc2ccc(CO)c(Cl)c2)n1. The maximum atomic E-state index is 11.2. The van der Waals surface area contributed by atoms with Crippen molar-refractivity contribution in [3.8, 4) is 0 Å². The molecule has 0 saturated carbocycles. The maximum Gasteiger partial charge on any atom is 0.341 e. The van der Waals surface area contributed by atoms with Crippen LogP contribution in [0.1, 0.15) is 21.5 Å². The molecule has 2 rings (SSSR count). The highest BCUT2D eigenvalue weighted by atomic mass is 35.5. The number of hydrogen-bond donors (Lipinski definition) is 3. The molecule has 0 aliphatic rings. The van der Waals surface area contributed by atoms with Crippen molar-refractivity contribution >= 4 is 35.1 Å². The van der Waals surface area contributed by atoms with E-state index < -0.39 is 5.97 Å². The summed E-state index contributed by atoms with van der Waals surface area (Å²) < 4.78 is 0. The molecule has 0 amide bonds. The lowest BCUT2D eigenvalue weighted by molar-refractivity contribution is 0.0697. The van der Waals surface area contributed by atoms with Crippen molar-refractivity contribution in [1.82, 2.24) is 9.97 Å². The molecule has 0 unspecified atom stereocenters. The Balaban J connectivity index is 2.20. The molecular weight excluding hydrogens is 326 g/mol. The van der Waals surface area contributed by atoms with Gasteiger partial charge in [-0.05, 0) is 23.4 Å². The Bertz CT molecular complexity index is 697. The molecule has 0 bridgehead atoms. The molecule has 0 saturated heterocycles. The first-order valence-electron chi connectivity index (χ1n) is 6.31. The molecule has 3 N–H and O–H groups in total. The van der Waals surface area contributed by atoms with Gasteiger partial charge in [-0.3, -0.25) is 0 Å². The number of carboxylic acid groups (broad SMARTS) is 1. The summed E-state index contributed by atoms with van der Waals surface area (Å²) >= 11 is 7.36. The van der Waals surface area contributed by atoms with Crippen LogP contribution in [0.25, 0.3) is 0 Å². The summed E-state index contributed by atoms with van der Waals surface area (Å²) in [7, 11) is 0. The smallest absolute Gasteiger partial charge is 0.341 e. The number of benzene rings is 1. The molecule has 0 spiro atoms. The van der Waals surface area contributed by atoms with Crippen LogP contribution in [-0.2, 0) is 13.2 Å². The summed E-state index contributed by atoms with van der Waals surface area (Å²) in [6.07, 6.45) is 3.10. The number of hydrogen-bond acceptors (Lipinski definition) is 6. The van der Waals surface area contributed by atoms with Crippen molar-refractivity contribution in [2.45, 2.75) is 18.3 Å². The molecule has 116 valence electrons. The van der Waals surface area contributed by atoms with Crippen molar-refractivity contribution in [3.05, 3.63) is 46.1 Å². The Morgan fingerprint density at radius 3 is 2.82 bits per heavy atom. The number of nitrogens with zero attached hydrogens (tertiary/aromatic N) is 2. The fourth-order valence-electron chi connectivity index (χ4n) is 1.77. The van der Waals surface area contributed by atoms with E-state index in [2.05, 4.69) is 15.3 Å². The third kappa shape index (κ3) is 3.88. The first-order chi connectivity index (χ1) is 10.5. The fraction of sp³-hybridized carbons (Fsp3) is 0.214. The summed E-state index contributed by atoms with van der Waals surface area (Å²) in [5, 5.41) is 22.2. The van der Waals surface area contributed by atoms with Gasteiger partial charge in [-0.1, -0.05) is 35.5 Å². The van der Waals surface area contributed by atoms with Gasteiger partial charge in [-0.25, -0.2) is 14.8 Å². The van der Waals surface area contributed by atoms with Gasteiger partial charge in [0.05, 0.1) is 6.61 Å². The van der Waals surface area contributed by atoms with Crippen LogP contribution in [0.2, 0.25) is 5.02 Å². The number of carbonyl (C=O) groups is 1. The largest absolute Gasteiger partial charge is 0.477 e. The second-order valence-electron chi connectivity index (χ2n) is 4.36. The van der Waals surface area contributed by atoms with E-state index in [1.54, 1.807) is 12.1 Å². The van der Waals surface area contributed by atoms with Gasteiger partial charge in [0.15, 0.2) is 5.16 Å². The summed E-state index contributed by atoms with van der Waals surface area (Å²) in [4.78, 5) is 19.3. The molecule has 1 aromatic heterocycles. The lowest BCUT2D eigenvalue weighted by Gasteiger charge is -2.10. The standard InChI is InChI=1S/C14H14ClN3O3S/c1-22-14-17-6-10(13(20)21)12(18-14)16-5-8-2-3-9(7-19)11(15)4-8/h2-4,6,19H,5,7H2,1H3,(H,20,21)(H,16,17,18). The molecule has 0 aliphatic heterocycles. The van der Waals surface area contributed by atoms with Crippen molar-refractivity contribution in [1.29, 1.82) is 0 Å². The lowest BCUT2D eigenvalue weighted by atomic mass is 10.1. The van der Waals surface area contributed by atoms with Gasteiger partial charge in [0, 0.05) is 17.8 Å². The van der Waals surface area contributed by atoms with E-state index in [9.17, 15) is 4.79 Å².